The number of nitrogens with one attached hydrogen (secondary N) is 1. The second-order valence-corrected chi connectivity index (χ2v) is 8.35. The minimum absolute atomic E-state index is 0.261. The maximum absolute atomic E-state index is 13.7. The first kappa shape index (κ1) is 22.3. The molecule has 33 heavy (non-hydrogen) atoms. The van der Waals surface area contributed by atoms with E-state index in [0.717, 1.165) is 23.1 Å². The highest BCUT2D eigenvalue weighted by Gasteiger charge is 2.40. The van der Waals surface area contributed by atoms with Crippen LogP contribution in [0.15, 0.2) is 72.4 Å². The van der Waals surface area contributed by atoms with E-state index in [1.54, 1.807) is 0 Å². The Balaban J connectivity index is 1.79. The highest BCUT2D eigenvalue weighted by atomic mass is 16.5. The monoisotopic (exact) mass is 440 g/mol. The summed E-state index contributed by atoms with van der Waals surface area (Å²) in [6.07, 6.45) is 0.901. The van der Waals surface area contributed by atoms with Crippen LogP contribution in [0.3, 0.4) is 0 Å². The van der Waals surface area contributed by atoms with Crippen LogP contribution >= 0.6 is 0 Å². The van der Waals surface area contributed by atoms with E-state index in [9.17, 15) is 9.59 Å². The molecule has 2 amide bonds. The topological polar surface area (TPSA) is 58.6 Å². The molecule has 0 bridgehead atoms. The van der Waals surface area contributed by atoms with Crippen LogP contribution in [-0.4, -0.2) is 18.4 Å². The van der Waals surface area contributed by atoms with Crippen molar-refractivity contribution in [3.05, 3.63) is 94.7 Å². The molecule has 4 rings (SSSR count). The molecule has 168 valence electrons. The van der Waals surface area contributed by atoms with Gasteiger partial charge in [0, 0.05) is 11.8 Å². The van der Waals surface area contributed by atoms with Crippen LogP contribution in [-0.2, 0) is 9.59 Å². The molecule has 5 heteroatoms. The number of carbonyl (C=O) groups excluding carboxylic acids is 2. The molecule has 0 aromatic heterocycles. The molecule has 0 unspecified atom stereocenters. The Morgan fingerprint density at radius 1 is 0.848 bits per heavy atom. The summed E-state index contributed by atoms with van der Waals surface area (Å²) < 4.78 is 5.73. The summed E-state index contributed by atoms with van der Waals surface area (Å²) >= 11 is 0. The maximum atomic E-state index is 13.7. The number of hydrogen-bond acceptors (Lipinski definition) is 4. The number of ether oxygens (including phenoxy) is 1. The van der Waals surface area contributed by atoms with E-state index >= 15 is 0 Å². The maximum Gasteiger partial charge on any atom is 0.282 e. The van der Waals surface area contributed by atoms with Gasteiger partial charge in [0.2, 0.25) is 0 Å². The molecule has 3 aromatic carbocycles. The van der Waals surface area contributed by atoms with Crippen LogP contribution in [0.4, 0.5) is 11.4 Å². The van der Waals surface area contributed by atoms with Gasteiger partial charge in [-0.05, 0) is 62.1 Å². The molecule has 3 aromatic rings. The van der Waals surface area contributed by atoms with Crippen molar-refractivity contribution in [2.24, 2.45) is 0 Å². The smallest absolute Gasteiger partial charge is 0.282 e. The Hall–Kier alpha value is -3.86. The minimum Gasteiger partial charge on any atom is -0.494 e. The second kappa shape index (κ2) is 9.33. The first-order chi connectivity index (χ1) is 15.9. The number of amides is 2. The summed E-state index contributed by atoms with van der Waals surface area (Å²) in [4.78, 5) is 28.6. The normalized spacial score (nSPS) is 13.6. The summed E-state index contributed by atoms with van der Waals surface area (Å²) in [6, 6.07) is 20.9. The Kier molecular flexibility index (Phi) is 6.31. The highest BCUT2D eigenvalue weighted by Crippen LogP contribution is 2.36. The number of imide groups is 1. The molecule has 5 nitrogen and oxygen atoms in total. The fourth-order valence-corrected chi connectivity index (χ4v) is 3.84. The zero-order valence-corrected chi connectivity index (χ0v) is 19.4. The molecule has 1 aliphatic rings. The molecule has 0 aliphatic carbocycles. The lowest BCUT2D eigenvalue weighted by molar-refractivity contribution is -0.120. The van der Waals surface area contributed by atoms with Crippen molar-refractivity contribution < 1.29 is 14.3 Å². The van der Waals surface area contributed by atoms with Gasteiger partial charge in [0.05, 0.1) is 17.9 Å². The lowest BCUT2D eigenvalue weighted by Gasteiger charge is -2.18. The number of anilines is 2. The van der Waals surface area contributed by atoms with E-state index in [-0.39, 0.29) is 17.5 Å². The first-order valence-electron chi connectivity index (χ1n) is 11.2. The van der Waals surface area contributed by atoms with E-state index in [1.165, 1.54) is 4.90 Å². The van der Waals surface area contributed by atoms with Crippen LogP contribution in [0.2, 0.25) is 0 Å². The molecular formula is C28H28N2O3. The van der Waals surface area contributed by atoms with Crippen molar-refractivity contribution in [3.8, 4) is 5.75 Å². The van der Waals surface area contributed by atoms with Gasteiger partial charge in [0.15, 0.2) is 0 Å². The van der Waals surface area contributed by atoms with E-state index in [4.69, 9.17) is 4.74 Å². The number of hydrogen-bond donors (Lipinski definition) is 1. The standard InChI is InChI=1S/C28H28N2O3/c1-5-15-33-23-8-6-7-22(17-23)29-26-25(21-13-10-18(2)11-14-21)27(31)30(28(26)32)24-16-19(3)9-12-20(24)4/h6-14,16-17,29H,5,15H2,1-4H3. The Labute approximate surface area is 194 Å². The highest BCUT2D eigenvalue weighted by molar-refractivity contribution is 6.46. The third-order valence-electron chi connectivity index (χ3n) is 5.61. The average molecular weight is 441 g/mol. The fourth-order valence-electron chi connectivity index (χ4n) is 3.84. The summed E-state index contributed by atoms with van der Waals surface area (Å²) in [6.45, 7) is 8.50. The van der Waals surface area contributed by atoms with Crippen molar-refractivity contribution in [1.82, 2.24) is 0 Å². The van der Waals surface area contributed by atoms with Crippen molar-refractivity contribution in [3.63, 3.8) is 0 Å². The molecule has 0 spiro atoms. The third-order valence-corrected chi connectivity index (χ3v) is 5.61. The number of benzene rings is 3. The van der Waals surface area contributed by atoms with Crippen LogP contribution in [0.5, 0.6) is 5.75 Å². The van der Waals surface area contributed by atoms with Crippen LogP contribution in [0, 0.1) is 20.8 Å². The zero-order valence-electron chi connectivity index (χ0n) is 19.4. The largest absolute Gasteiger partial charge is 0.494 e. The molecule has 1 heterocycles. The molecule has 0 radical (unpaired) electrons. The van der Waals surface area contributed by atoms with Gasteiger partial charge >= 0.3 is 0 Å². The Bertz CT molecular complexity index is 1240. The predicted octanol–water partition coefficient (Wildman–Crippen LogP) is 5.80. The fraction of sp³-hybridized carbons (Fsp3) is 0.214. The lowest BCUT2D eigenvalue weighted by atomic mass is 10.0. The summed E-state index contributed by atoms with van der Waals surface area (Å²) in [7, 11) is 0. The van der Waals surface area contributed by atoms with Gasteiger partial charge in [0.25, 0.3) is 11.8 Å². The van der Waals surface area contributed by atoms with Crippen molar-refractivity contribution in [2.75, 3.05) is 16.8 Å². The van der Waals surface area contributed by atoms with Crippen molar-refractivity contribution in [1.29, 1.82) is 0 Å². The minimum atomic E-state index is -0.371. The van der Waals surface area contributed by atoms with E-state index in [2.05, 4.69) is 5.32 Å². The predicted molar refractivity (Wildman–Crippen MR) is 132 cm³/mol. The summed E-state index contributed by atoms with van der Waals surface area (Å²) in [5, 5.41) is 3.22. The number of rotatable bonds is 7. The van der Waals surface area contributed by atoms with E-state index < -0.39 is 0 Å². The molecule has 1 aliphatic heterocycles. The second-order valence-electron chi connectivity index (χ2n) is 8.35. The van der Waals surface area contributed by atoms with Gasteiger partial charge in [-0.1, -0.05) is 55.0 Å². The molecule has 0 atom stereocenters. The quantitative estimate of drug-likeness (QED) is 0.472. The van der Waals surface area contributed by atoms with Crippen LogP contribution < -0.4 is 15.0 Å². The van der Waals surface area contributed by atoms with Gasteiger partial charge in [-0.2, -0.15) is 0 Å². The molecule has 0 saturated heterocycles. The SMILES string of the molecule is CCCOc1cccc(NC2=C(c3ccc(C)cc3)C(=O)N(c3cc(C)ccc3C)C2=O)c1. The van der Waals surface area contributed by atoms with Crippen molar-refractivity contribution >= 4 is 28.8 Å². The molecule has 0 saturated carbocycles. The van der Waals surface area contributed by atoms with Gasteiger partial charge in [-0.25, -0.2) is 4.90 Å². The van der Waals surface area contributed by atoms with E-state index in [0.29, 0.717) is 34.9 Å². The lowest BCUT2D eigenvalue weighted by Crippen LogP contribution is -2.33. The van der Waals surface area contributed by atoms with Crippen LogP contribution in [0.25, 0.3) is 5.57 Å². The van der Waals surface area contributed by atoms with Crippen LogP contribution in [0.1, 0.15) is 35.6 Å². The average Bonchev–Trinajstić information content (AvgIpc) is 3.04. The van der Waals surface area contributed by atoms with Gasteiger partial charge in [0.1, 0.15) is 11.4 Å². The Morgan fingerprint density at radius 3 is 2.30 bits per heavy atom. The molecule has 1 N–H and O–H groups in total. The van der Waals surface area contributed by atoms with Gasteiger partial charge in [-0.15, -0.1) is 0 Å². The third kappa shape index (κ3) is 4.53. The molecule has 0 fully saturated rings. The van der Waals surface area contributed by atoms with E-state index in [1.807, 2.05) is 94.4 Å². The summed E-state index contributed by atoms with van der Waals surface area (Å²) in [5.41, 5.74) is 5.54. The summed E-state index contributed by atoms with van der Waals surface area (Å²) in [5.74, 6) is 0.00471. The first-order valence-corrected chi connectivity index (χ1v) is 11.2. The van der Waals surface area contributed by atoms with Gasteiger partial charge < -0.3 is 10.1 Å². The zero-order chi connectivity index (χ0) is 23.5. The molecular weight excluding hydrogens is 412 g/mol. The number of aryl methyl sites for hydroxylation is 3. The van der Waals surface area contributed by atoms with Crippen molar-refractivity contribution in [2.45, 2.75) is 34.1 Å². The van der Waals surface area contributed by atoms with Gasteiger partial charge in [-0.3, -0.25) is 9.59 Å². The Morgan fingerprint density at radius 2 is 1.58 bits per heavy atom. The number of carbonyl (C=O) groups is 2. The number of nitrogens with zero attached hydrogens (tertiary/aromatic N) is 1.